The minimum atomic E-state index is -0.974. The number of rotatable bonds is 7. The molecule has 1 aromatic carbocycles. The van der Waals surface area contributed by atoms with Gasteiger partial charge in [-0.25, -0.2) is 0 Å². The van der Waals surface area contributed by atoms with Crippen molar-refractivity contribution in [2.45, 2.75) is 12.8 Å². The lowest BCUT2D eigenvalue weighted by Gasteiger charge is -2.13. The Morgan fingerprint density at radius 2 is 1.96 bits per heavy atom. The van der Waals surface area contributed by atoms with Crippen LogP contribution in [0.3, 0.4) is 0 Å². The van der Waals surface area contributed by atoms with Crippen molar-refractivity contribution >= 4 is 52.2 Å². The smallest absolute Gasteiger partial charge is 0.305 e. The van der Waals surface area contributed by atoms with E-state index in [4.69, 9.17) is 17.3 Å². The molecule has 1 saturated heterocycles. The summed E-state index contributed by atoms with van der Waals surface area (Å²) < 4.78 is 0.417. The predicted octanol–water partition coefficient (Wildman–Crippen LogP) is 1.87. The number of carbonyl (C=O) groups is 3. The lowest BCUT2D eigenvalue weighted by atomic mass is 10.2. The molecule has 1 heterocycles. The molecule has 1 aliphatic rings. The van der Waals surface area contributed by atoms with Crippen molar-refractivity contribution in [2.24, 2.45) is 0 Å². The lowest BCUT2D eigenvalue weighted by Crippen LogP contribution is -2.34. The lowest BCUT2D eigenvalue weighted by molar-refractivity contribution is -0.136. The van der Waals surface area contributed by atoms with E-state index in [1.165, 1.54) is 16.7 Å². The fourth-order valence-corrected chi connectivity index (χ4v) is 3.31. The van der Waals surface area contributed by atoms with Crippen molar-refractivity contribution in [3.8, 4) is 0 Å². The van der Waals surface area contributed by atoms with Crippen LogP contribution in [0, 0.1) is 0 Å². The van der Waals surface area contributed by atoms with E-state index in [1.54, 1.807) is 6.08 Å². The number of nitrogens with one attached hydrogen (secondary N) is 1. The summed E-state index contributed by atoms with van der Waals surface area (Å²) >= 11 is 6.41. The highest BCUT2D eigenvalue weighted by atomic mass is 32.2. The summed E-state index contributed by atoms with van der Waals surface area (Å²) in [5, 5.41) is 11.0. The van der Waals surface area contributed by atoms with E-state index in [0.29, 0.717) is 9.23 Å². The zero-order valence-electron chi connectivity index (χ0n) is 12.7. The van der Waals surface area contributed by atoms with E-state index in [9.17, 15) is 14.4 Å². The minimum absolute atomic E-state index is 0.0699. The van der Waals surface area contributed by atoms with Gasteiger partial charge in [0.25, 0.3) is 5.91 Å². The quantitative estimate of drug-likeness (QED) is 0.567. The van der Waals surface area contributed by atoms with Crippen molar-refractivity contribution in [1.29, 1.82) is 0 Å². The standard InChI is InChI=1S/C16H16N2O4S2/c19-13(17-8-6-14(20)21)7-9-18-15(22)12(24-16(18)23)10-11-4-2-1-3-5-11/h1-5,10H,6-9H2,(H,17,19)(H,20,21)/b12-10-. The molecule has 1 aliphatic heterocycles. The molecule has 1 aromatic rings. The Balaban J connectivity index is 1.89. The second kappa shape index (κ2) is 8.60. The molecule has 24 heavy (non-hydrogen) atoms. The van der Waals surface area contributed by atoms with Crippen LogP contribution in [0.5, 0.6) is 0 Å². The number of benzene rings is 1. The molecule has 0 aliphatic carbocycles. The number of carboxylic acid groups (broad SMARTS) is 1. The third-order valence-electron chi connectivity index (χ3n) is 3.19. The van der Waals surface area contributed by atoms with Crippen LogP contribution >= 0.6 is 24.0 Å². The van der Waals surface area contributed by atoms with Crippen molar-refractivity contribution in [1.82, 2.24) is 10.2 Å². The van der Waals surface area contributed by atoms with Crippen LogP contribution in [0.2, 0.25) is 0 Å². The highest BCUT2D eigenvalue weighted by Gasteiger charge is 2.31. The molecule has 1 fully saturated rings. The summed E-state index contributed by atoms with van der Waals surface area (Å²) in [6.07, 6.45) is 1.71. The van der Waals surface area contributed by atoms with Gasteiger partial charge in [0.2, 0.25) is 5.91 Å². The molecule has 2 N–H and O–H groups in total. The molecule has 0 atom stereocenters. The first-order valence-corrected chi connectivity index (χ1v) is 8.49. The largest absolute Gasteiger partial charge is 0.481 e. The summed E-state index contributed by atoms with van der Waals surface area (Å²) in [5.74, 6) is -1.50. The Labute approximate surface area is 148 Å². The van der Waals surface area contributed by atoms with E-state index < -0.39 is 5.97 Å². The van der Waals surface area contributed by atoms with Crippen molar-refractivity contribution < 1.29 is 19.5 Å². The first-order valence-electron chi connectivity index (χ1n) is 7.26. The van der Waals surface area contributed by atoms with Crippen LogP contribution < -0.4 is 5.32 Å². The molecule has 0 bridgehead atoms. The third-order valence-corrected chi connectivity index (χ3v) is 4.57. The van der Waals surface area contributed by atoms with Crippen LogP contribution in [0.25, 0.3) is 6.08 Å². The van der Waals surface area contributed by atoms with Gasteiger partial charge in [-0.3, -0.25) is 19.3 Å². The van der Waals surface area contributed by atoms with Gasteiger partial charge in [0.05, 0.1) is 11.3 Å². The average Bonchev–Trinajstić information content (AvgIpc) is 2.80. The second-order valence-electron chi connectivity index (χ2n) is 4.99. The van der Waals surface area contributed by atoms with E-state index in [2.05, 4.69) is 5.32 Å². The Kier molecular flexibility index (Phi) is 6.51. The molecule has 8 heteroatoms. The minimum Gasteiger partial charge on any atom is -0.481 e. The molecular weight excluding hydrogens is 348 g/mol. The second-order valence-corrected chi connectivity index (χ2v) is 6.66. The van der Waals surface area contributed by atoms with Gasteiger partial charge in [0, 0.05) is 19.5 Å². The van der Waals surface area contributed by atoms with Gasteiger partial charge in [-0.1, -0.05) is 54.3 Å². The van der Waals surface area contributed by atoms with Gasteiger partial charge >= 0.3 is 5.97 Å². The van der Waals surface area contributed by atoms with Gasteiger partial charge in [0.1, 0.15) is 4.32 Å². The van der Waals surface area contributed by atoms with Crippen molar-refractivity contribution in [3.63, 3.8) is 0 Å². The first kappa shape index (κ1) is 18.2. The fraction of sp³-hybridized carbons (Fsp3) is 0.250. The van der Waals surface area contributed by atoms with Gasteiger partial charge in [0.15, 0.2) is 0 Å². The van der Waals surface area contributed by atoms with Gasteiger partial charge < -0.3 is 10.4 Å². The van der Waals surface area contributed by atoms with Crippen LogP contribution in [0.4, 0.5) is 0 Å². The highest BCUT2D eigenvalue weighted by Crippen LogP contribution is 2.32. The van der Waals surface area contributed by atoms with Gasteiger partial charge in [-0.15, -0.1) is 0 Å². The van der Waals surface area contributed by atoms with Crippen molar-refractivity contribution in [3.05, 3.63) is 40.8 Å². The first-order chi connectivity index (χ1) is 11.5. The maximum absolute atomic E-state index is 12.4. The molecule has 0 saturated carbocycles. The predicted molar refractivity (Wildman–Crippen MR) is 96.2 cm³/mol. The monoisotopic (exact) mass is 364 g/mol. The number of hydrogen-bond acceptors (Lipinski definition) is 5. The van der Waals surface area contributed by atoms with E-state index in [1.807, 2.05) is 30.3 Å². The van der Waals surface area contributed by atoms with E-state index >= 15 is 0 Å². The van der Waals surface area contributed by atoms with Crippen LogP contribution in [0.15, 0.2) is 35.2 Å². The molecule has 0 radical (unpaired) electrons. The Hall–Kier alpha value is -2.19. The highest BCUT2D eigenvalue weighted by molar-refractivity contribution is 8.26. The Morgan fingerprint density at radius 3 is 2.62 bits per heavy atom. The molecule has 0 aromatic heterocycles. The zero-order chi connectivity index (χ0) is 17.5. The number of carboxylic acids is 1. The number of hydrogen-bond donors (Lipinski definition) is 2. The summed E-state index contributed by atoms with van der Waals surface area (Å²) in [6, 6.07) is 9.44. The number of amides is 2. The molecular formula is C16H16N2O4S2. The van der Waals surface area contributed by atoms with Crippen LogP contribution in [-0.2, 0) is 14.4 Å². The molecule has 0 spiro atoms. The number of carbonyl (C=O) groups excluding carboxylic acids is 2. The number of thiocarbonyl (C=S) groups is 1. The number of thioether (sulfide) groups is 1. The van der Waals surface area contributed by atoms with Crippen molar-refractivity contribution in [2.75, 3.05) is 13.1 Å². The Morgan fingerprint density at radius 1 is 1.25 bits per heavy atom. The molecule has 2 rings (SSSR count). The maximum Gasteiger partial charge on any atom is 0.305 e. The van der Waals surface area contributed by atoms with Gasteiger partial charge in [-0.05, 0) is 11.6 Å². The number of nitrogens with zero attached hydrogens (tertiary/aromatic N) is 1. The van der Waals surface area contributed by atoms with E-state index in [-0.39, 0.29) is 37.7 Å². The summed E-state index contributed by atoms with van der Waals surface area (Å²) in [6.45, 7) is 0.246. The van der Waals surface area contributed by atoms with Gasteiger partial charge in [-0.2, -0.15) is 0 Å². The third kappa shape index (κ3) is 5.17. The topological polar surface area (TPSA) is 86.7 Å². The summed E-state index contributed by atoms with van der Waals surface area (Å²) in [7, 11) is 0. The fourth-order valence-electron chi connectivity index (χ4n) is 2.00. The molecule has 6 nitrogen and oxygen atoms in total. The molecule has 126 valence electrons. The SMILES string of the molecule is O=C(O)CCNC(=O)CCN1C(=O)/C(=C/c2ccccc2)SC1=S. The van der Waals surface area contributed by atoms with Crippen LogP contribution in [-0.4, -0.2) is 45.2 Å². The number of aliphatic carboxylic acids is 1. The van der Waals surface area contributed by atoms with E-state index in [0.717, 1.165) is 5.56 Å². The molecule has 2 amide bonds. The summed E-state index contributed by atoms with van der Waals surface area (Å²) in [4.78, 5) is 36.3. The zero-order valence-corrected chi connectivity index (χ0v) is 14.4. The van der Waals surface area contributed by atoms with Crippen LogP contribution in [0.1, 0.15) is 18.4 Å². The maximum atomic E-state index is 12.4. The molecule has 0 unspecified atom stereocenters. The summed E-state index contributed by atoms with van der Waals surface area (Å²) in [5.41, 5.74) is 0.907. The average molecular weight is 364 g/mol. The Bertz CT molecular complexity index is 689. The normalized spacial score (nSPS) is 15.8.